The predicted molar refractivity (Wildman–Crippen MR) is 45.2 cm³/mol. The van der Waals surface area contributed by atoms with Crippen LogP contribution in [0.15, 0.2) is 27.6 Å². The smallest absolute Gasteiger partial charge is 0.172 e. The van der Waals surface area contributed by atoms with Crippen LogP contribution >= 0.6 is 11.3 Å². The summed E-state index contributed by atoms with van der Waals surface area (Å²) in [6.45, 7) is 0. The molecule has 2 rings (SSSR count). The Morgan fingerprint density at radius 3 is 3.17 bits per heavy atom. The van der Waals surface area contributed by atoms with Gasteiger partial charge in [-0.15, -0.1) is 0 Å². The lowest BCUT2D eigenvalue weighted by atomic mass is 10.1. The van der Waals surface area contributed by atoms with Crippen molar-refractivity contribution in [3.05, 3.63) is 28.8 Å². The summed E-state index contributed by atoms with van der Waals surface area (Å²) in [7, 11) is 0. The van der Waals surface area contributed by atoms with E-state index in [4.69, 9.17) is 0 Å². The summed E-state index contributed by atoms with van der Waals surface area (Å²) >= 11 is 1.57. The van der Waals surface area contributed by atoms with E-state index in [1.165, 1.54) is 6.26 Å². The van der Waals surface area contributed by atoms with Gasteiger partial charge in [0, 0.05) is 0 Å². The van der Waals surface area contributed by atoms with E-state index in [0.717, 1.165) is 11.1 Å². The van der Waals surface area contributed by atoms with Gasteiger partial charge < -0.3 is 4.52 Å². The van der Waals surface area contributed by atoms with Gasteiger partial charge in [-0.05, 0) is 22.4 Å². The van der Waals surface area contributed by atoms with Crippen LogP contribution in [0.1, 0.15) is 10.5 Å². The normalized spacial score (nSPS) is 10.0. The van der Waals surface area contributed by atoms with Gasteiger partial charge in [-0.25, -0.2) is 0 Å². The highest BCUT2D eigenvalue weighted by Gasteiger charge is 2.08. The zero-order valence-electron chi connectivity index (χ0n) is 6.06. The molecule has 2 aromatic heterocycles. The molecule has 2 aromatic rings. The van der Waals surface area contributed by atoms with E-state index in [1.54, 1.807) is 11.3 Å². The van der Waals surface area contributed by atoms with Crippen molar-refractivity contribution >= 4 is 17.6 Å². The summed E-state index contributed by atoms with van der Waals surface area (Å²) in [5.74, 6) is 0. The van der Waals surface area contributed by atoms with Crippen molar-refractivity contribution < 1.29 is 9.32 Å². The van der Waals surface area contributed by atoms with E-state index in [2.05, 4.69) is 9.68 Å². The maximum absolute atomic E-state index is 10.5. The Labute approximate surface area is 72.6 Å². The largest absolute Gasteiger partial charge is 0.363 e. The van der Waals surface area contributed by atoms with Gasteiger partial charge in [-0.1, -0.05) is 5.16 Å². The first-order valence-corrected chi connectivity index (χ1v) is 4.28. The Morgan fingerprint density at radius 1 is 1.58 bits per heavy atom. The third-order valence-corrected chi connectivity index (χ3v) is 2.22. The molecule has 4 heteroatoms. The fourth-order valence-corrected chi connectivity index (χ4v) is 1.62. The Morgan fingerprint density at radius 2 is 2.50 bits per heavy atom. The van der Waals surface area contributed by atoms with Crippen molar-refractivity contribution in [3.63, 3.8) is 0 Å². The molecule has 0 bridgehead atoms. The summed E-state index contributed by atoms with van der Waals surface area (Å²) in [5, 5.41) is 7.44. The van der Waals surface area contributed by atoms with E-state index in [-0.39, 0.29) is 0 Å². The molecule has 0 saturated heterocycles. The molecule has 0 amide bonds. The molecule has 0 atom stereocenters. The van der Waals surface area contributed by atoms with Gasteiger partial charge in [0.1, 0.15) is 6.26 Å². The fourth-order valence-electron chi connectivity index (χ4n) is 0.964. The first-order valence-electron chi connectivity index (χ1n) is 3.34. The number of carbonyl (C=O) groups excluding carboxylic acids is 1. The van der Waals surface area contributed by atoms with Crippen LogP contribution in [-0.4, -0.2) is 11.4 Å². The number of aromatic nitrogens is 1. The van der Waals surface area contributed by atoms with E-state index in [0.29, 0.717) is 12.0 Å². The average Bonchev–Trinajstić information content (AvgIpc) is 2.74. The molecule has 0 saturated carbocycles. The highest BCUT2D eigenvalue weighted by molar-refractivity contribution is 7.08. The molecule has 0 spiro atoms. The van der Waals surface area contributed by atoms with Gasteiger partial charge in [-0.2, -0.15) is 11.3 Å². The molecule has 0 fully saturated rings. The standard InChI is InChI=1S/C8H5NO2S/c10-3-8-7(4-11-9-8)6-1-2-12-5-6/h1-5H. The second-order valence-electron chi connectivity index (χ2n) is 2.24. The molecule has 0 radical (unpaired) electrons. The van der Waals surface area contributed by atoms with Crippen LogP contribution in [0.4, 0.5) is 0 Å². The maximum atomic E-state index is 10.5. The Balaban J connectivity index is 2.53. The van der Waals surface area contributed by atoms with Gasteiger partial charge in [0.2, 0.25) is 0 Å². The summed E-state index contributed by atoms with van der Waals surface area (Å²) in [6.07, 6.45) is 2.17. The summed E-state index contributed by atoms with van der Waals surface area (Å²) < 4.78 is 4.68. The second kappa shape index (κ2) is 2.91. The molecule has 3 nitrogen and oxygen atoms in total. The molecular formula is C8H5NO2S. The number of thiophene rings is 1. The fraction of sp³-hybridized carbons (Fsp3) is 0. The van der Waals surface area contributed by atoms with E-state index in [9.17, 15) is 4.79 Å². The quantitative estimate of drug-likeness (QED) is 0.664. The van der Waals surface area contributed by atoms with Crippen molar-refractivity contribution in [3.8, 4) is 11.1 Å². The van der Waals surface area contributed by atoms with Crippen molar-refractivity contribution in [2.45, 2.75) is 0 Å². The van der Waals surface area contributed by atoms with E-state index >= 15 is 0 Å². The molecule has 0 aliphatic heterocycles. The van der Waals surface area contributed by atoms with Gasteiger partial charge in [0.25, 0.3) is 0 Å². The molecule has 12 heavy (non-hydrogen) atoms. The number of aldehydes is 1. The van der Waals surface area contributed by atoms with E-state index < -0.39 is 0 Å². The number of rotatable bonds is 2. The first kappa shape index (κ1) is 7.24. The number of hydrogen-bond acceptors (Lipinski definition) is 4. The molecule has 2 heterocycles. The molecular weight excluding hydrogens is 174 g/mol. The number of hydrogen-bond donors (Lipinski definition) is 0. The van der Waals surface area contributed by atoms with Crippen LogP contribution < -0.4 is 0 Å². The topological polar surface area (TPSA) is 43.1 Å². The van der Waals surface area contributed by atoms with Gasteiger partial charge in [-0.3, -0.25) is 4.79 Å². The third kappa shape index (κ3) is 1.06. The Hall–Kier alpha value is -1.42. The van der Waals surface area contributed by atoms with Crippen LogP contribution in [0.25, 0.3) is 11.1 Å². The van der Waals surface area contributed by atoms with Crippen LogP contribution in [0, 0.1) is 0 Å². The van der Waals surface area contributed by atoms with Crippen LogP contribution in [-0.2, 0) is 0 Å². The predicted octanol–water partition coefficient (Wildman–Crippen LogP) is 2.22. The zero-order chi connectivity index (χ0) is 8.39. The minimum atomic E-state index is 0.355. The molecule has 0 aliphatic carbocycles. The minimum Gasteiger partial charge on any atom is -0.363 e. The SMILES string of the molecule is O=Cc1nocc1-c1ccsc1. The lowest BCUT2D eigenvalue weighted by Gasteiger charge is -1.87. The Bertz CT molecular complexity index is 377. The second-order valence-corrected chi connectivity index (χ2v) is 3.02. The summed E-state index contributed by atoms with van der Waals surface area (Å²) in [6, 6.07) is 1.92. The highest BCUT2D eigenvalue weighted by atomic mass is 32.1. The number of nitrogens with zero attached hydrogens (tertiary/aromatic N) is 1. The maximum Gasteiger partial charge on any atom is 0.172 e. The van der Waals surface area contributed by atoms with E-state index in [1.807, 2.05) is 16.8 Å². The van der Waals surface area contributed by atoms with Gasteiger partial charge in [0.15, 0.2) is 12.0 Å². The number of carbonyl (C=O) groups is 1. The lowest BCUT2D eigenvalue weighted by molar-refractivity contribution is 0.111. The molecule has 0 aliphatic rings. The molecule has 0 N–H and O–H groups in total. The first-order chi connectivity index (χ1) is 5.92. The van der Waals surface area contributed by atoms with Crippen molar-refractivity contribution in [2.75, 3.05) is 0 Å². The minimum absolute atomic E-state index is 0.355. The summed E-state index contributed by atoms with van der Waals surface area (Å²) in [4.78, 5) is 10.5. The molecule has 60 valence electrons. The average molecular weight is 179 g/mol. The monoisotopic (exact) mass is 179 g/mol. The molecule has 0 unspecified atom stereocenters. The zero-order valence-corrected chi connectivity index (χ0v) is 6.88. The van der Waals surface area contributed by atoms with Crippen molar-refractivity contribution in [1.29, 1.82) is 0 Å². The van der Waals surface area contributed by atoms with Gasteiger partial charge >= 0.3 is 0 Å². The summed E-state index contributed by atoms with van der Waals surface area (Å²) in [5.41, 5.74) is 2.09. The van der Waals surface area contributed by atoms with Crippen LogP contribution in [0.2, 0.25) is 0 Å². The lowest BCUT2D eigenvalue weighted by Crippen LogP contribution is -1.81. The van der Waals surface area contributed by atoms with Crippen LogP contribution in [0.5, 0.6) is 0 Å². The van der Waals surface area contributed by atoms with Crippen molar-refractivity contribution in [2.24, 2.45) is 0 Å². The van der Waals surface area contributed by atoms with Crippen molar-refractivity contribution in [1.82, 2.24) is 5.16 Å². The Kier molecular flexibility index (Phi) is 1.75. The molecule has 0 aromatic carbocycles. The highest BCUT2D eigenvalue weighted by Crippen LogP contribution is 2.23. The van der Waals surface area contributed by atoms with Crippen LogP contribution in [0.3, 0.4) is 0 Å². The third-order valence-electron chi connectivity index (χ3n) is 1.54. The van der Waals surface area contributed by atoms with Gasteiger partial charge in [0.05, 0.1) is 5.56 Å².